The van der Waals surface area contributed by atoms with Crippen molar-refractivity contribution in [2.45, 2.75) is 25.2 Å². The molecule has 1 aliphatic rings. The van der Waals surface area contributed by atoms with E-state index in [1.54, 1.807) is 0 Å². The Morgan fingerprint density at radius 2 is 1.62 bits per heavy atom. The fraction of sp³-hybridized carbons (Fsp3) is 0.259. The van der Waals surface area contributed by atoms with E-state index in [0.29, 0.717) is 0 Å². The van der Waals surface area contributed by atoms with Gasteiger partial charge in [0, 0.05) is 49.7 Å². The first-order chi connectivity index (χ1) is 19.7. The van der Waals surface area contributed by atoms with Gasteiger partial charge in [-0.3, -0.25) is 19.3 Å². The molecule has 15 heteroatoms. The van der Waals surface area contributed by atoms with Crippen LogP contribution in [0.25, 0.3) is 0 Å². The zero-order valence-corrected chi connectivity index (χ0v) is 22.1. The van der Waals surface area contributed by atoms with E-state index in [2.05, 4.69) is 15.0 Å². The van der Waals surface area contributed by atoms with E-state index in [9.17, 15) is 31.9 Å². The van der Waals surface area contributed by atoms with Crippen LogP contribution in [0.5, 0.6) is 11.5 Å². The number of aromatic nitrogens is 1. The molecule has 3 aromatic rings. The summed E-state index contributed by atoms with van der Waals surface area (Å²) in [7, 11) is 2.54. The first-order valence-electron chi connectivity index (χ1n) is 12.1. The summed E-state index contributed by atoms with van der Waals surface area (Å²) >= 11 is 0. The van der Waals surface area contributed by atoms with E-state index in [1.807, 2.05) is 0 Å². The minimum absolute atomic E-state index is 0.0290. The Balaban J connectivity index is 1.73. The Morgan fingerprint density at radius 1 is 1.00 bits per heavy atom. The fourth-order valence-electron chi connectivity index (χ4n) is 4.37. The molecule has 1 N–H and O–H groups in total. The van der Waals surface area contributed by atoms with Gasteiger partial charge in [-0.05, 0) is 36.4 Å². The lowest BCUT2D eigenvalue weighted by Gasteiger charge is -2.20. The van der Waals surface area contributed by atoms with Crippen LogP contribution < -0.4 is 24.6 Å². The number of hydrogen-bond acceptors (Lipinski definition) is 6. The number of rotatable bonds is 7. The van der Waals surface area contributed by atoms with Gasteiger partial charge in [-0.2, -0.15) is 0 Å². The zero-order chi connectivity index (χ0) is 30.9. The summed E-state index contributed by atoms with van der Waals surface area (Å²) < 4.78 is 91.3. The van der Waals surface area contributed by atoms with Crippen molar-refractivity contribution >= 4 is 29.4 Å². The van der Waals surface area contributed by atoms with Crippen LogP contribution >= 0.6 is 0 Å². The van der Waals surface area contributed by atoms with Crippen molar-refractivity contribution < 1.29 is 50.2 Å². The summed E-state index contributed by atoms with van der Waals surface area (Å²) in [5.41, 5.74) is -0.817. The van der Waals surface area contributed by atoms with E-state index >= 15 is 8.78 Å². The first-order valence-corrected chi connectivity index (χ1v) is 12.1. The van der Waals surface area contributed by atoms with Crippen LogP contribution in [0.4, 0.5) is 38.0 Å². The molecular formula is C27H22F6N4O5. The Bertz CT molecular complexity index is 1510. The third kappa shape index (κ3) is 6.24. The van der Waals surface area contributed by atoms with E-state index in [1.165, 1.54) is 27.1 Å². The Labute approximate surface area is 234 Å². The van der Waals surface area contributed by atoms with Crippen molar-refractivity contribution in [2.75, 3.05) is 30.5 Å². The van der Waals surface area contributed by atoms with Gasteiger partial charge >= 0.3 is 6.36 Å². The van der Waals surface area contributed by atoms with Gasteiger partial charge in [-0.25, -0.2) is 18.2 Å². The number of nitrogens with one attached hydrogen (secondary N) is 1. The van der Waals surface area contributed by atoms with Gasteiger partial charge in [-0.1, -0.05) is 0 Å². The molecule has 2 aromatic carbocycles. The maximum absolute atomic E-state index is 15.2. The Kier molecular flexibility index (Phi) is 8.31. The highest BCUT2D eigenvalue weighted by Gasteiger charge is 2.46. The summed E-state index contributed by atoms with van der Waals surface area (Å²) in [6, 6.07) is 5.90. The number of alkyl halides is 3. The van der Waals surface area contributed by atoms with Crippen LogP contribution in [0, 0.1) is 17.5 Å². The number of benzene rings is 2. The molecule has 2 atom stereocenters. The molecule has 0 unspecified atom stereocenters. The molecule has 42 heavy (non-hydrogen) atoms. The van der Waals surface area contributed by atoms with Crippen molar-refractivity contribution in [2.24, 2.45) is 0 Å². The SMILES string of the molecule is COc1cc(F)c([C@@H]2CN(c3nc(N(C)C(C)=O)ccc3F)C(=O)[C@H]2NC(=O)c2ccc(OC(F)(F)F)cc2)c(F)c1. The molecule has 1 saturated heterocycles. The number of carbonyl (C=O) groups is 3. The summed E-state index contributed by atoms with van der Waals surface area (Å²) in [4.78, 5) is 44.3. The van der Waals surface area contributed by atoms with E-state index in [0.717, 1.165) is 52.3 Å². The second kappa shape index (κ2) is 11.6. The van der Waals surface area contributed by atoms with Gasteiger partial charge in [0.25, 0.3) is 11.8 Å². The third-order valence-corrected chi connectivity index (χ3v) is 6.49. The fourth-order valence-corrected chi connectivity index (χ4v) is 4.37. The molecule has 1 fully saturated rings. The second-order valence-corrected chi connectivity index (χ2v) is 9.14. The largest absolute Gasteiger partial charge is 0.573 e. The summed E-state index contributed by atoms with van der Waals surface area (Å²) in [6.45, 7) is 0.684. The molecule has 0 spiro atoms. The number of ether oxygens (including phenoxy) is 2. The molecule has 1 aliphatic heterocycles. The molecule has 2 heterocycles. The number of carbonyl (C=O) groups excluding carboxylic acids is 3. The molecule has 9 nitrogen and oxygen atoms in total. The average Bonchev–Trinajstić information content (AvgIpc) is 3.22. The Hall–Kier alpha value is -4.82. The Morgan fingerprint density at radius 3 is 2.17 bits per heavy atom. The molecule has 0 radical (unpaired) electrons. The van der Waals surface area contributed by atoms with Crippen molar-refractivity contribution in [1.29, 1.82) is 0 Å². The molecule has 3 amide bonds. The summed E-state index contributed by atoms with van der Waals surface area (Å²) in [5.74, 6) is -8.43. The smallest absolute Gasteiger partial charge is 0.497 e. The minimum Gasteiger partial charge on any atom is -0.497 e. The number of anilines is 2. The maximum atomic E-state index is 15.2. The number of amides is 3. The van der Waals surface area contributed by atoms with Gasteiger partial charge < -0.3 is 19.7 Å². The molecule has 0 aliphatic carbocycles. The molecule has 0 bridgehead atoms. The van der Waals surface area contributed by atoms with Crippen molar-refractivity contribution in [3.8, 4) is 11.5 Å². The molecule has 0 saturated carbocycles. The molecule has 1 aromatic heterocycles. The summed E-state index contributed by atoms with van der Waals surface area (Å²) in [6.07, 6.45) is -4.97. The van der Waals surface area contributed by atoms with Crippen LogP contribution in [0.3, 0.4) is 0 Å². The van der Waals surface area contributed by atoms with Crippen LogP contribution in [-0.2, 0) is 9.59 Å². The maximum Gasteiger partial charge on any atom is 0.573 e. The van der Waals surface area contributed by atoms with E-state index in [4.69, 9.17) is 4.74 Å². The summed E-state index contributed by atoms with van der Waals surface area (Å²) in [5, 5.41) is 2.35. The standard InChI is InChI=1S/C27H22F6N4O5/c1-13(38)36(2)21-9-8-18(28)24(34-21)37-12-17(22-19(29)10-16(41-3)11-20(22)30)23(26(37)40)35-25(39)14-4-6-15(7-5-14)42-27(31,32)33/h4-11,17,23H,12H2,1-3H3,(H,35,39)/t17-,23-/m0/s1. The highest BCUT2D eigenvalue weighted by Crippen LogP contribution is 2.37. The lowest BCUT2D eigenvalue weighted by Crippen LogP contribution is -2.44. The van der Waals surface area contributed by atoms with Gasteiger partial charge in [0.2, 0.25) is 5.91 Å². The number of pyridine rings is 1. The molecule has 222 valence electrons. The lowest BCUT2D eigenvalue weighted by atomic mass is 9.92. The predicted molar refractivity (Wildman–Crippen MR) is 136 cm³/mol. The first kappa shape index (κ1) is 30.1. The van der Waals surface area contributed by atoms with Crippen molar-refractivity contribution in [3.63, 3.8) is 0 Å². The normalized spacial score (nSPS) is 16.8. The van der Waals surface area contributed by atoms with E-state index < -0.39 is 77.2 Å². The zero-order valence-electron chi connectivity index (χ0n) is 22.1. The van der Waals surface area contributed by atoms with Crippen LogP contribution in [-0.4, -0.2) is 55.8 Å². The highest BCUT2D eigenvalue weighted by atomic mass is 19.4. The number of halogens is 6. The lowest BCUT2D eigenvalue weighted by molar-refractivity contribution is -0.274. The monoisotopic (exact) mass is 596 g/mol. The minimum atomic E-state index is -4.97. The van der Waals surface area contributed by atoms with Gasteiger partial charge in [0.05, 0.1) is 7.11 Å². The highest BCUT2D eigenvalue weighted by molar-refractivity contribution is 6.05. The van der Waals surface area contributed by atoms with Crippen LogP contribution in [0.15, 0.2) is 48.5 Å². The van der Waals surface area contributed by atoms with Gasteiger partial charge in [0.15, 0.2) is 11.6 Å². The van der Waals surface area contributed by atoms with Crippen molar-refractivity contribution in [3.05, 3.63) is 77.1 Å². The molecule has 4 rings (SSSR count). The third-order valence-electron chi connectivity index (χ3n) is 6.49. The van der Waals surface area contributed by atoms with Gasteiger partial charge in [0.1, 0.15) is 35.0 Å². The van der Waals surface area contributed by atoms with Gasteiger partial charge in [-0.15, -0.1) is 13.2 Å². The molecular weight excluding hydrogens is 574 g/mol. The van der Waals surface area contributed by atoms with E-state index in [-0.39, 0.29) is 17.1 Å². The van der Waals surface area contributed by atoms with Crippen molar-refractivity contribution in [1.82, 2.24) is 10.3 Å². The number of nitrogens with zero attached hydrogens (tertiary/aromatic N) is 3. The quantitative estimate of drug-likeness (QED) is 0.408. The topological polar surface area (TPSA) is 101 Å². The predicted octanol–water partition coefficient (Wildman–Crippen LogP) is 4.32. The average molecular weight is 596 g/mol. The number of hydrogen-bond donors (Lipinski definition) is 1. The number of methoxy groups -OCH3 is 1. The van der Waals surface area contributed by atoms with Crippen LogP contribution in [0.1, 0.15) is 28.8 Å². The van der Waals surface area contributed by atoms with Crippen LogP contribution in [0.2, 0.25) is 0 Å². The second-order valence-electron chi connectivity index (χ2n) is 9.14.